The van der Waals surface area contributed by atoms with Crippen LogP contribution >= 0.6 is 0 Å². The van der Waals surface area contributed by atoms with Crippen molar-refractivity contribution in [2.75, 3.05) is 24.6 Å². The highest BCUT2D eigenvalue weighted by atomic mass is 16.5. The summed E-state index contributed by atoms with van der Waals surface area (Å²) in [4.78, 5) is 62.7. The molecule has 4 amide bonds. The van der Waals surface area contributed by atoms with Gasteiger partial charge in [0.15, 0.2) is 6.29 Å². The van der Waals surface area contributed by atoms with Crippen LogP contribution in [0.5, 0.6) is 0 Å². The maximum absolute atomic E-state index is 12.8. The molecule has 140 valence electrons. The molecule has 1 aromatic carbocycles. The van der Waals surface area contributed by atoms with Gasteiger partial charge in [0.1, 0.15) is 12.1 Å². The molecule has 9 heteroatoms. The van der Waals surface area contributed by atoms with E-state index in [4.69, 9.17) is 4.74 Å². The van der Waals surface area contributed by atoms with Crippen LogP contribution in [0.25, 0.3) is 0 Å². The van der Waals surface area contributed by atoms with E-state index in [0.717, 1.165) is 11.2 Å². The Morgan fingerprint density at radius 3 is 2.63 bits per heavy atom. The lowest BCUT2D eigenvalue weighted by atomic mass is 10.0. The van der Waals surface area contributed by atoms with Crippen molar-refractivity contribution in [1.82, 2.24) is 10.2 Å². The van der Waals surface area contributed by atoms with Crippen LogP contribution in [0.2, 0.25) is 0 Å². The van der Waals surface area contributed by atoms with E-state index in [1.54, 1.807) is 18.2 Å². The fourth-order valence-electron chi connectivity index (χ4n) is 3.65. The summed E-state index contributed by atoms with van der Waals surface area (Å²) < 4.78 is 5.32. The molecule has 2 saturated heterocycles. The van der Waals surface area contributed by atoms with Gasteiger partial charge in [0.25, 0.3) is 11.8 Å². The number of nitrogens with one attached hydrogen (secondary N) is 1. The first-order valence-electron chi connectivity index (χ1n) is 8.67. The molecule has 2 atom stereocenters. The van der Waals surface area contributed by atoms with Gasteiger partial charge in [-0.05, 0) is 24.6 Å². The lowest BCUT2D eigenvalue weighted by Crippen LogP contribution is -2.54. The Labute approximate surface area is 154 Å². The number of morpholine rings is 1. The minimum atomic E-state index is -0.985. The van der Waals surface area contributed by atoms with E-state index in [1.165, 1.54) is 0 Å². The van der Waals surface area contributed by atoms with Gasteiger partial charge in [-0.25, -0.2) is 0 Å². The second-order valence-electron chi connectivity index (χ2n) is 6.67. The minimum absolute atomic E-state index is 0.0793. The highest BCUT2D eigenvalue weighted by molar-refractivity contribution is 6.23. The number of rotatable bonds is 3. The summed E-state index contributed by atoms with van der Waals surface area (Å²) in [5.41, 5.74) is 1.15. The van der Waals surface area contributed by atoms with Gasteiger partial charge in [-0.2, -0.15) is 0 Å². The third-order valence-electron chi connectivity index (χ3n) is 5.03. The van der Waals surface area contributed by atoms with E-state index < -0.39 is 35.8 Å². The van der Waals surface area contributed by atoms with Crippen molar-refractivity contribution < 1.29 is 28.7 Å². The van der Waals surface area contributed by atoms with Crippen LogP contribution < -0.4 is 10.2 Å². The molecular weight excluding hydrogens is 354 g/mol. The number of ether oxygens (including phenoxy) is 1. The number of benzene rings is 1. The molecule has 1 N–H and O–H groups in total. The van der Waals surface area contributed by atoms with Gasteiger partial charge in [0.2, 0.25) is 11.8 Å². The number of carbonyl (C=O) groups excluding carboxylic acids is 5. The number of hydrogen-bond donors (Lipinski definition) is 1. The van der Waals surface area contributed by atoms with Gasteiger partial charge < -0.3 is 14.4 Å². The van der Waals surface area contributed by atoms with Gasteiger partial charge in [-0.15, -0.1) is 0 Å². The summed E-state index contributed by atoms with van der Waals surface area (Å²) in [6, 6.07) is 3.89. The molecule has 3 aliphatic heterocycles. The molecular formula is C18H17N3O6. The van der Waals surface area contributed by atoms with Gasteiger partial charge in [-0.3, -0.25) is 29.4 Å². The van der Waals surface area contributed by atoms with E-state index in [-0.39, 0.29) is 24.0 Å². The monoisotopic (exact) mass is 371 g/mol. The summed E-state index contributed by atoms with van der Waals surface area (Å²) in [6.07, 6.45) is 0.395. The first-order valence-corrected chi connectivity index (χ1v) is 8.67. The number of piperidine rings is 1. The van der Waals surface area contributed by atoms with Crippen LogP contribution in [0.4, 0.5) is 5.69 Å². The van der Waals surface area contributed by atoms with Crippen molar-refractivity contribution in [3.63, 3.8) is 0 Å². The smallest absolute Gasteiger partial charge is 0.262 e. The Morgan fingerprint density at radius 2 is 1.89 bits per heavy atom. The first-order chi connectivity index (χ1) is 13.0. The van der Waals surface area contributed by atoms with Crippen molar-refractivity contribution >= 4 is 35.6 Å². The molecule has 0 spiro atoms. The Bertz CT molecular complexity index is 867. The highest BCUT2D eigenvalue weighted by Gasteiger charge is 2.44. The molecule has 3 heterocycles. The largest absolute Gasteiger partial charge is 0.367 e. The second-order valence-corrected chi connectivity index (χ2v) is 6.67. The summed E-state index contributed by atoms with van der Waals surface area (Å²) in [5, 5.41) is 2.17. The fourth-order valence-corrected chi connectivity index (χ4v) is 3.65. The van der Waals surface area contributed by atoms with Crippen molar-refractivity contribution in [1.29, 1.82) is 0 Å². The maximum atomic E-state index is 12.8. The molecule has 0 aromatic heterocycles. The predicted molar refractivity (Wildman–Crippen MR) is 91.1 cm³/mol. The van der Waals surface area contributed by atoms with Crippen molar-refractivity contribution in [3.8, 4) is 0 Å². The SMILES string of the molecule is O=C[C@@H]1CN(c2ccc3c(c2)C(=O)N(C2CCC(=O)NC2=O)C3=O)CCO1. The van der Waals surface area contributed by atoms with Crippen molar-refractivity contribution in [3.05, 3.63) is 29.3 Å². The summed E-state index contributed by atoms with van der Waals surface area (Å²) in [6.45, 7) is 1.30. The maximum Gasteiger partial charge on any atom is 0.262 e. The van der Waals surface area contributed by atoms with Gasteiger partial charge in [0.05, 0.1) is 24.3 Å². The first kappa shape index (κ1) is 17.3. The Balaban J connectivity index is 1.61. The quantitative estimate of drug-likeness (QED) is 0.562. The normalized spacial score (nSPS) is 25.5. The van der Waals surface area contributed by atoms with Crippen LogP contribution in [0.1, 0.15) is 33.6 Å². The van der Waals surface area contributed by atoms with E-state index in [9.17, 15) is 24.0 Å². The molecule has 0 bridgehead atoms. The molecule has 1 unspecified atom stereocenters. The average Bonchev–Trinajstić information content (AvgIpc) is 2.92. The second kappa shape index (κ2) is 6.58. The Hall–Kier alpha value is -3.07. The number of imide groups is 2. The molecule has 4 rings (SSSR count). The summed E-state index contributed by atoms with van der Waals surface area (Å²) >= 11 is 0. The molecule has 0 aliphatic carbocycles. The van der Waals surface area contributed by atoms with Gasteiger partial charge in [-0.1, -0.05) is 0 Å². The molecule has 27 heavy (non-hydrogen) atoms. The molecule has 2 fully saturated rings. The Morgan fingerprint density at radius 1 is 1.11 bits per heavy atom. The third-order valence-corrected chi connectivity index (χ3v) is 5.03. The van der Waals surface area contributed by atoms with Gasteiger partial charge in [0, 0.05) is 18.7 Å². The van der Waals surface area contributed by atoms with Crippen LogP contribution in [0.15, 0.2) is 18.2 Å². The average molecular weight is 371 g/mol. The lowest BCUT2D eigenvalue weighted by Gasteiger charge is -2.32. The molecule has 0 radical (unpaired) electrons. The molecule has 1 aromatic rings. The van der Waals surface area contributed by atoms with E-state index in [0.29, 0.717) is 25.4 Å². The summed E-state index contributed by atoms with van der Waals surface area (Å²) in [7, 11) is 0. The topological polar surface area (TPSA) is 113 Å². The lowest BCUT2D eigenvalue weighted by molar-refractivity contribution is -0.136. The van der Waals surface area contributed by atoms with Gasteiger partial charge >= 0.3 is 0 Å². The number of amides is 4. The van der Waals surface area contributed by atoms with E-state index >= 15 is 0 Å². The molecule has 3 aliphatic rings. The standard InChI is InChI=1S/C18H17N3O6/c22-9-11-8-20(5-6-27-11)10-1-2-12-13(7-10)18(26)21(17(12)25)14-3-4-15(23)19-16(14)24/h1-2,7,9,11,14H,3-6,8H2,(H,19,23,24)/t11-,14?/m0/s1. The van der Waals surface area contributed by atoms with Crippen LogP contribution in [0.3, 0.4) is 0 Å². The van der Waals surface area contributed by atoms with Crippen molar-refractivity contribution in [2.24, 2.45) is 0 Å². The van der Waals surface area contributed by atoms with E-state index in [1.807, 2.05) is 4.90 Å². The molecule has 0 saturated carbocycles. The molecule has 9 nitrogen and oxygen atoms in total. The number of carbonyl (C=O) groups is 5. The zero-order valence-electron chi connectivity index (χ0n) is 14.3. The predicted octanol–water partition coefficient (Wildman–Crippen LogP) is -0.508. The number of fused-ring (bicyclic) bond motifs is 1. The van der Waals surface area contributed by atoms with E-state index in [2.05, 4.69) is 5.32 Å². The highest BCUT2D eigenvalue weighted by Crippen LogP contribution is 2.31. The third kappa shape index (κ3) is 2.89. The number of aldehydes is 1. The zero-order chi connectivity index (χ0) is 19.1. The minimum Gasteiger partial charge on any atom is -0.367 e. The van der Waals surface area contributed by atoms with Crippen LogP contribution in [0, 0.1) is 0 Å². The Kier molecular flexibility index (Phi) is 4.23. The van der Waals surface area contributed by atoms with Crippen molar-refractivity contribution in [2.45, 2.75) is 25.0 Å². The summed E-state index contributed by atoms with van der Waals surface area (Å²) in [5.74, 6) is -2.13. The zero-order valence-corrected chi connectivity index (χ0v) is 14.3. The van der Waals surface area contributed by atoms with Crippen LogP contribution in [-0.2, 0) is 19.1 Å². The number of hydrogen-bond acceptors (Lipinski definition) is 7. The number of nitrogens with zero attached hydrogens (tertiary/aromatic N) is 2. The fraction of sp³-hybridized carbons (Fsp3) is 0.389. The van der Waals surface area contributed by atoms with Crippen LogP contribution in [-0.4, -0.2) is 66.7 Å². The number of anilines is 1.